The first kappa shape index (κ1) is 14.7. The van der Waals surface area contributed by atoms with Crippen LogP contribution in [0, 0.1) is 0 Å². The number of aromatic nitrogens is 1. The fourth-order valence-corrected chi connectivity index (χ4v) is 1.85. The van der Waals surface area contributed by atoms with E-state index in [1.165, 1.54) is 0 Å². The van der Waals surface area contributed by atoms with E-state index in [2.05, 4.69) is 5.16 Å². The van der Waals surface area contributed by atoms with E-state index >= 15 is 0 Å². The summed E-state index contributed by atoms with van der Waals surface area (Å²) in [6, 6.07) is 11.0. The van der Waals surface area contributed by atoms with Gasteiger partial charge in [-0.15, -0.1) is 0 Å². The van der Waals surface area contributed by atoms with Crippen molar-refractivity contribution in [3.8, 4) is 11.3 Å². The monoisotopic (exact) mass is 279 g/mol. The molecule has 0 aliphatic carbocycles. The number of rotatable bonds is 6. The van der Waals surface area contributed by atoms with Gasteiger partial charge in [-0.2, -0.15) is 0 Å². The average molecular weight is 279 g/mol. The van der Waals surface area contributed by atoms with Gasteiger partial charge in [0, 0.05) is 18.1 Å². The van der Waals surface area contributed by atoms with Gasteiger partial charge >= 0.3 is 0 Å². The molecule has 0 spiro atoms. The summed E-state index contributed by atoms with van der Waals surface area (Å²) in [6.07, 6.45) is -4.03. The lowest BCUT2D eigenvalue weighted by atomic mass is 10.0. The number of hydrogen-bond donors (Lipinski definition) is 4. The minimum atomic E-state index is -1.43. The van der Waals surface area contributed by atoms with Crippen LogP contribution in [0.15, 0.2) is 40.9 Å². The first-order chi connectivity index (χ1) is 9.61. The molecule has 2 aromatic rings. The van der Waals surface area contributed by atoms with Gasteiger partial charge in [0.1, 0.15) is 12.2 Å². The summed E-state index contributed by atoms with van der Waals surface area (Å²) >= 11 is 0. The predicted octanol–water partition coefficient (Wildman–Crippen LogP) is -0.0409. The maximum Gasteiger partial charge on any atom is 0.167 e. The van der Waals surface area contributed by atoms with Crippen molar-refractivity contribution in [3.05, 3.63) is 42.1 Å². The van der Waals surface area contributed by atoms with Crippen LogP contribution in [-0.4, -0.2) is 50.5 Å². The Morgan fingerprint density at radius 1 is 1.05 bits per heavy atom. The second-order valence-corrected chi connectivity index (χ2v) is 4.56. The van der Waals surface area contributed by atoms with E-state index < -0.39 is 24.9 Å². The van der Waals surface area contributed by atoms with Gasteiger partial charge < -0.3 is 24.9 Å². The Hall–Kier alpha value is -1.73. The molecule has 0 unspecified atom stereocenters. The van der Waals surface area contributed by atoms with Gasteiger partial charge in [-0.1, -0.05) is 35.5 Å². The molecule has 1 aromatic heterocycles. The summed E-state index contributed by atoms with van der Waals surface area (Å²) < 4.78 is 5.16. The van der Waals surface area contributed by atoms with Gasteiger partial charge in [0.05, 0.1) is 18.4 Å². The Morgan fingerprint density at radius 3 is 2.40 bits per heavy atom. The van der Waals surface area contributed by atoms with E-state index in [0.29, 0.717) is 11.5 Å². The SMILES string of the molecule is OC[C@@H](O)[C@@H](O)[C@H](O)Cc1cc(-c2ccccc2)on1. The van der Waals surface area contributed by atoms with Crippen molar-refractivity contribution in [2.24, 2.45) is 0 Å². The summed E-state index contributed by atoms with van der Waals surface area (Å²) in [5.74, 6) is 0.560. The molecule has 3 atom stereocenters. The fourth-order valence-electron chi connectivity index (χ4n) is 1.85. The van der Waals surface area contributed by atoms with Crippen LogP contribution in [0.2, 0.25) is 0 Å². The van der Waals surface area contributed by atoms with Gasteiger partial charge in [0.2, 0.25) is 0 Å². The zero-order valence-corrected chi connectivity index (χ0v) is 10.8. The number of hydrogen-bond acceptors (Lipinski definition) is 6. The van der Waals surface area contributed by atoms with Crippen LogP contribution in [0.4, 0.5) is 0 Å². The molecule has 2 rings (SSSR count). The molecule has 1 heterocycles. The molecule has 20 heavy (non-hydrogen) atoms. The van der Waals surface area contributed by atoms with E-state index in [9.17, 15) is 15.3 Å². The molecule has 1 aromatic carbocycles. The minimum absolute atomic E-state index is 0.0224. The van der Waals surface area contributed by atoms with Gasteiger partial charge in [-0.25, -0.2) is 0 Å². The zero-order valence-electron chi connectivity index (χ0n) is 10.8. The first-order valence-corrected chi connectivity index (χ1v) is 6.28. The highest BCUT2D eigenvalue weighted by Crippen LogP contribution is 2.20. The highest BCUT2D eigenvalue weighted by Gasteiger charge is 2.25. The van der Waals surface area contributed by atoms with Crippen molar-refractivity contribution < 1.29 is 24.9 Å². The quantitative estimate of drug-likeness (QED) is 0.591. The Morgan fingerprint density at radius 2 is 1.75 bits per heavy atom. The van der Waals surface area contributed by atoms with Gasteiger partial charge in [0.25, 0.3) is 0 Å². The van der Waals surface area contributed by atoms with E-state index in [4.69, 9.17) is 9.63 Å². The van der Waals surface area contributed by atoms with Crippen molar-refractivity contribution in [1.29, 1.82) is 0 Å². The normalized spacial score (nSPS) is 15.8. The molecule has 6 heteroatoms. The Balaban J connectivity index is 2.03. The third-order valence-electron chi connectivity index (χ3n) is 3.01. The third-order valence-corrected chi connectivity index (χ3v) is 3.01. The summed E-state index contributed by atoms with van der Waals surface area (Å²) in [5.41, 5.74) is 1.32. The van der Waals surface area contributed by atoms with Crippen molar-refractivity contribution in [1.82, 2.24) is 5.16 Å². The van der Waals surface area contributed by atoms with Crippen molar-refractivity contribution >= 4 is 0 Å². The summed E-state index contributed by atoms with van der Waals surface area (Å²) in [7, 11) is 0. The number of aliphatic hydroxyl groups excluding tert-OH is 4. The molecule has 6 nitrogen and oxygen atoms in total. The van der Waals surface area contributed by atoms with E-state index in [1.807, 2.05) is 30.3 Å². The molecule has 4 N–H and O–H groups in total. The zero-order chi connectivity index (χ0) is 14.5. The molecule has 0 saturated heterocycles. The summed E-state index contributed by atoms with van der Waals surface area (Å²) in [5, 5.41) is 41.1. The standard InChI is InChI=1S/C14H17NO5/c16-8-12(18)14(19)11(17)6-10-7-13(20-15-10)9-4-2-1-3-5-9/h1-5,7,11-12,14,16-19H,6,8H2/t11-,12-,14+/m1/s1. The maximum absolute atomic E-state index is 9.75. The minimum Gasteiger partial charge on any atom is -0.394 e. The van der Waals surface area contributed by atoms with Crippen molar-refractivity contribution in [2.45, 2.75) is 24.7 Å². The smallest absolute Gasteiger partial charge is 0.167 e. The van der Waals surface area contributed by atoms with Crippen LogP contribution >= 0.6 is 0 Å². The predicted molar refractivity (Wildman–Crippen MR) is 70.7 cm³/mol. The van der Waals surface area contributed by atoms with Crippen molar-refractivity contribution in [3.63, 3.8) is 0 Å². The third kappa shape index (κ3) is 3.43. The van der Waals surface area contributed by atoms with Gasteiger partial charge in [-0.3, -0.25) is 0 Å². The van der Waals surface area contributed by atoms with Crippen LogP contribution in [0.3, 0.4) is 0 Å². The summed E-state index contributed by atoms with van der Waals surface area (Å²) in [6.45, 7) is -0.619. The lowest BCUT2D eigenvalue weighted by molar-refractivity contribution is -0.0759. The van der Waals surface area contributed by atoms with Crippen LogP contribution in [0.25, 0.3) is 11.3 Å². The van der Waals surface area contributed by atoms with Crippen LogP contribution < -0.4 is 0 Å². The molecule has 0 radical (unpaired) electrons. The van der Waals surface area contributed by atoms with E-state index in [1.54, 1.807) is 6.07 Å². The second kappa shape index (κ2) is 6.62. The number of aliphatic hydroxyl groups is 4. The first-order valence-electron chi connectivity index (χ1n) is 6.28. The molecule has 0 amide bonds. The van der Waals surface area contributed by atoms with Crippen LogP contribution in [-0.2, 0) is 6.42 Å². The highest BCUT2D eigenvalue weighted by molar-refractivity contribution is 5.56. The van der Waals surface area contributed by atoms with E-state index in [0.717, 1.165) is 5.56 Å². The highest BCUT2D eigenvalue weighted by atomic mass is 16.5. The van der Waals surface area contributed by atoms with Crippen molar-refractivity contribution in [2.75, 3.05) is 6.61 Å². The molecule has 0 bridgehead atoms. The molecular formula is C14H17NO5. The summed E-state index contributed by atoms with van der Waals surface area (Å²) in [4.78, 5) is 0. The topological polar surface area (TPSA) is 107 Å². The Kier molecular flexibility index (Phi) is 4.86. The van der Waals surface area contributed by atoms with Gasteiger partial charge in [0.15, 0.2) is 5.76 Å². The number of benzene rings is 1. The molecule has 0 fully saturated rings. The lowest BCUT2D eigenvalue weighted by Crippen LogP contribution is -2.40. The Labute approximate surface area is 115 Å². The Bertz CT molecular complexity index is 527. The largest absolute Gasteiger partial charge is 0.394 e. The lowest BCUT2D eigenvalue weighted by Gasteiger charge is -2.20. The number of nitrogens with zero attached hydrogens (tertiary/aromatic N) is 1. The molecule has 108 valence electrons. The fraction of sp³-hybridized carbons (Fsp3) is 0.357. The molecule has 0 aliphatic heterocycles. The van der Waals surface area contributed by atoms with Gasteiger partial charge in [-0.05, 0) is 0 Å². The van der Waals surface area contributed by atoms with E-state index in [-0.39, 0.29) is 6.42 Å². The maximum atomic E-state index is 9.75. The molecule has 0 saturated carbocycles. The second-order valence-electron chi connectivity index (χ2n) is 4.56. The van der Waals surface area contributed by atoms with Crippen LogP contribution in [0.1, 0.15) is 5.69 Å². The molecule has 0 aliphatic rings. The average Bonchev–Trinajstić information content (AvgIpc) is 2.95. The van der Waals surface area contributed by atoms with Crippen LogP contribution in [0.5, 0.6) is 0 Å². The molecular weight excluding hydrogens is 262 g/mol.